The van der Waals surface area contributed by atoms with Crippen molar-refractivity contribution < 1.29 is 14.3 Å². The molecular weight excluding hydrogens is 374 g/mol. The Bertz CT molecular complexity index is 941. The second-order valence-corrected chi connectivity index (χ2v) is 6.55. The molecule has 1 N–H and O–H groups in total. The molecule has 0 atom stereocenters. The lowest BCUT2D eigenvalue weighted by atomic mass is 10.2. The Morgan fingerprint density at radius 3 is 2.54 bits per heavy atom. The predicted octanol–water partition coefficient (Wildman–Crippen LogP) is 4.64. The van der Waals surface area contributed by atoms with Crippen LogP contribution in [0.5, 0.6) is 11.5 Å². The van der Waals surface area contributed by atoms with Crippen molar-refractivity contribution in [1.29, 1.82) is 0 Å². The largest absolute Gasteiger partial charge is 0.494 e. The van der Waals surface area contributed by atoms with E-state index in [9.17, 15) is 4.79 Å². The maximum Gasteiger partial charge on any atom is 0.274 e. The van der Waals surface area contributed by atoms with Crippen LogP contribution in [0.2, 0.25) is 0 Å². The number of ether oxygens (including phenoxy) is 2. The Labute approximate surface area is 168 Å². The lowest BCUT2D eigenvalue weighted by Crippen LogP contribution is -2.17. The van der Waals surface area contributed by atoms with Crippen molar-refractivity contribution >= 4 is 23.4 Å². The van der Waals surface area contributed by atoms with Gasteiger partial charge in [0, 0.05) is 11.8 Å². The average Bonchev–Trinajstić information content (AvgIpc) is 3.15. The molecule has 0 aliphatic rings. The first-order chi connectivity index (χ1) is 13.7. The summed E-state index contributed by atoms with van der Waals surface area (Å²) in [6.07, 6.45) is 3.52. The van der Waals surface area contributed by atoms with Gasteiger partial charge in [0.25, 0.3) is 5.91 Å². The smallest absolute Gasteiger partial charge is 0.274 e. The molecule has 3 rings (SSSR count). The summed E-state index contributed by atoms with van der Waals surface area (Å²) in [6.45, 7) is 4.85. The maximum absolute atomic E-state index is 13.1. The summed E-state index contributed by atoms with van der Waals surface area (Å²) in [5, 5.41) is 3.68. The zero-order chi connectivity index (χ0) is 19.9. The summed E-state index contributed by atoms with van der Waals surface area (Å²) in [5.41, 5.74) is 1.88. The van der Waals surface area contributed by atoms with Gasteiger partial charge < -0.3 is 14.8 Å². The minimum Gasteiger partial charge on any atom is -0.494 e. The summed E-state index contributed by atoms with van der Waals surface area (Å²) in [6, 6.07) is 15.1. The van der Waals surface area contributed by atoms with Gasteiger partial charge in [-0.25, -0.2) is 4.98 Å². The van der Waals surface area contributed by atoms with E-state index in [1.54, 1.807) is 18.3 Å². The Balaban J connectivity index is 1.96. The van der Waals surface area contributed by atoms with Gasteiger partial charge in [-0.3, -0.25) is 9.36 Å². The first-order valence-electron chi connectivity index (χ1n) is 9.06. The van der Waals surface area contributed by atoms with Crippen molar-refractivity contribution in [3.8, 4) is 17.2 Å². The molecule has 0 saturated heterocycles. The van der Waals surface area contributed by atoms with Crippen LogP contribution in [0.25, 0.3) is 5.69 Å². The zero-order valence-electron chi connectivity index (χ0n) is 16.1. The highest BCUT2D eigenvalue weighted by Crippen LogP contribution is 2.30. The molecule has 7 heteroatoms. The number of benzene rings is 2. The number of anilines is 1. The van der Waals surface area contributed by atoms with E-state index in [4.69, 9.17) is 9.47 Å². The van der Waals surface area contributed by atoms with Crippen LogP contribution in [-0.2, 0) is 0 Å². The summed E-state index contributed by atoms with van der Waals surface area (Å²) >= 11 is 1.48. The highest BCUT2D eigenvalue weighted by atomic mass is 32.2. The molecule has 3 aromatic rings. The van der Waals surface area contributed by atoms with Crippen molar-refractivity contribution in [2.45, 2.75) is 19.0 Å². The molecule has 1 amide bonds. The number of nitrogens with one attached hydrogen (secondary N) is 1. The quantitative estimate of drug-likeness (QED) is 0.561. The van der Waals surface area contributed by atoms with Crippen LogP contribution >= 0.6 is 11.8 Å². The molecule has 1 heterocycles. The second-order valence-electron chi connectivity index (χ2n) is 5.78. The van der Waals surface area contributed by atoms with Gasteiger partial charge in [-0.05, 0) is 44.4 Å². The van der Waals surface area contributed by atoms with Crippen LogP contribution < -0.4 is 14.8 Å². The van der Waals surface area contributed by atoms with Crippen LogP contribution in [0.15, 0.2) is 59.9 Å². The van der Waals surface area contributed by atoms with E-state index in [1.807, 2.05) is 61.1 Å². The molecule has 146 valence electrons. The number of nitrogens with zero attached hydrogens (tertiary/aromatic N) is 2. The molecule has 6 nitrogen and oxygen atoms in total. The SMILES string of the molecule is CCOc1ccc(OCC)c(NC(=O)c2cnc(SC)n2-c2ccccc2)c1. The molecule has 0 radical (unpaired) electrons. The fourth-order valence-corrected chi connectivity index (χ4v) is 3.34. The summed E-state index contributed by atoms with van der Waals surface area (Å²) in [7, 11) is 0. The molecule has 2 aromatic carbocycles. The molecule has 0 spiro atoms. The second kappa shape index (κ2) is 9.32. The fraction of sp³-hybridized carbons (Fsp3) is 0.238. The number of hydrogen-bond donors (Lipinski definition) is 1. The van der Waals surface area contributed by atoms with E-state index < -0.39 is 0 Å². The highest BCUT2D eigenvalue weighted by Gasteiger charge is 2.19. The Kier molecular flexibility index (Phi) is 6.60. The molecule has 0 saturated carbocycles. The van der Waals surface area contributed by atoms with E-state index >= 15 is 0 Å². The van der Waals surface area contributed by atoms with Gasteiger partial charge in [-0.2, -0.15) is 0 Å². The first-order valence-corrected chi connectivity index (χ1v) is 10.3. The number of thioether (sulfide) groups is 1. The van der Waals surface area contributed by atoms with Gasteiger partial charge in [0.2, 0.25) is 0 Å². The third-order valence-corrected chi connectivity index (χ3v) is 4.62. The molecule has 0 fully saturated rings. The molecule has 28 heavy (non-hydrogen) atoms. The lowest BCUT2D eigenvalue weighted by Gasteiger charge is -2.15. The minimum absolute atomic E-state index is 0.272. The highest BCUT2D eigenvalue weighted by molar-refractivity contribution is 7.98. The topological polar surface area (TPSA) is 65.4 Å². The number of para-hydroxylation sites is 1. The van der Waals surface area contributed by atoms with E-state index in [2.05, 4.69) is 10.3 Å². The molecule has 0 aliphatic heterocycles. The van der Waals surface area contributed by atoms with Gasteiger partial charge in [0.15, 0.2) is 5.16 Å². The number of amides is 1. The lowest BCUT2D eigenvalue weighted by molar-refractivity contribution is 0.101. The van der Waals surface area contributed by atoms with E-state index in [0.717, 1.165) is 10.8 Å². The van der Waals surface area contributed by atoms with Gasteiger partial charge in [-0.1, -0.05) is 30.0 Å². The van der Waals surface area contributed by atoms with Crippen LogP contribution in [0, 0.1) is 0 Å². The van der Waals surface area contributed by atoms with E-state index in [-0.39, 0.29) is 5.91 Å². The van der Waals surface area contributed by atoms with Crippen LogP contribution in [0.3, 0.4) is 0 Å². The van der Waals surface area contributed by atoms with Crippen LogP contribution in [0.4, 0.5) is 5.69 Å². The number of imidazole rings is 1. The summed E-state index contributed by atoms with van der Waals surface area (Å²) < 4.78 is 13.0. The molecular formula is C21H23N3O3S. The number of rotatable bonds is 8. The third kappa shape index (κ3) is 4.31. The van der Waals surface area contributed by atoms with Gasteiger partial charge in [0.1, 0.15) is 17.2 Å². The standard InChI is InChI=1S/C21H23N3O3S/c1-4-26-16-11-12-19(27-5-2)17(13-16)23-20(25)18-14-22-21(28-3)24(18)15-9-7-6-8-10-15/h6-14H,4-5H2,1-3H3,(H,23,25). The van der Waals surface area contributed by atoms with Gasteiger partial charge in [0.05, 0.1) is 25.1 Å². The molecule has 0 aliphatic carbocycles. The van der Waals surface area contributed by atoms with Crippen molar-refractivity contribution in [3.05, 3.63) is 60.4 Å². The van der Waals surface area contributed by atoms with Crippen molar-refractivity contribution in [1.82, 2.24) is 9.55 Å². The maximum atomic E-state index is 13.1. The Morgan fingerprint density at radius 1 is 1.11 bits per heavy atom. The van der Waals surface area contributed by atoms with E-state index in [1.165, 1.54) is 11.8 Å². The fourth-order valence-electron chi connectivity index (χ4n) is 2.80. The number of hydrogen-bond acceptors (Lipinski definition) is 5. The van der Waals surface area contributed by atoms with Gasteiger partial charge >= 0.3 is 0 Å². The normalized spacial score (nSPS) is 10.5. The average molecular weight is 398 g/mol. The number of carbonyl (C=O) groups is 1. The van der Waals surface area contributed by atoms with Crippen LogP contribution in [0.1, 0.15) is 24.3 Å². The van der Waals surface area contributed by atoms with Crippen molar-refractivity contribution in [2.75, 3.05) is 24.8 Å². The molecule has 0 bridgehead atoms. The monoisotopic (exact) mass is 397 g/mol. The Morgan fingerprint density at radius 2 is 1.86 bits per heavy atom. The van der Waals surface area contributed by atoms with Crippen molar-refractivity contribution in [2.24, 2.45) is 0 Å². The minimum atomic E-state index is -0.272. The molecule has 0 unspecified atom stereocenters. The number of carbonyl (C=O) groups excluding carboxylic acids is 1. The zero-order valence-corrected chi connectivity index (χ0v) is 17.0. The summed E-state index contributed by atoms with van der Waals surface area (Å²) in [4.78, 5) is 17.5. The first kappa shape index (κ1) is 19.8. The molecule has 1 aromatic heterocycles. The third-order valence-electron chi connectivity index (χ3n) is 3.97. The van der Waals surface area contributed by atoms with Gasteiger partial charge in [-0.15, -0.1) is 0 Å². The number of aromatic nitrogens is 2. The van der Waals surface area contributed by atoms with Crippen LogP contribution in [-0.4, -0.2) is 34.9 Å². The summed E-state index contributed by atoms with van der Waals surface area (Å²) in [5.74, 6) is 0.990. The van der Waals surface area contributed by atoms with Crippen molar-refractivity contribution in [3.63, 3.8) is 0 Å². The predicted molar refractivity (Wildman–Crippen MR) is 112 cm³/mol. The Hall–Kier alpha value is -2.93. The van der Waals surface area contributed by atoms with E-state index in [0.29, 0.717) is 36.1 Å².